The minimum atomic E-state index is -3.56. The maximum absolute atomic E-state index is 13.0. The number of amides is 1. The summed E-state index contributed by atoms with van der Waals surface area (Å²) in [5, 5.41) is 4.74. The van der Waals surface area contributed by atoms with Crippen molar-refractivity contribution in [1.82, 2.24) is 18.8 Å². The molecule has 170 valence electrons. The lowest BCUT2D eigenvalue weighted by molar-refractivity contribution is 0.0775. The Kier molecular flexibility index (Phi) is 6.55. The third-order valence-electron chi connectivity index (χ3n) is 6.19. The van der Waals surface area contributed by atoms with Crippen molar-refractivity contribution in [2.45, 2.75) is 37.5 Å². The highest BCUT2D eigenvalue weighted by Crippen LogP contribution is 2.32. The van der Waals surface area contributed by atoms with E-state index in [2.05, 4.69) is 5.10 Å². The molecular formula is C23H27ClN4O3S. The molecule has 4 rings (SSSR count). The van der Waals surface area contributed by atoms with Gasteiger partial charge in [0.05, 0.1) is 22.2 Å². The minimum absolute atomic E-state index is 0.0235. The van der Waals surface area contributed by atoms with E-state index in [1.165, 1.54) is 10.4 Å². The van der Waals surface area contributed by atoms with Gasteiger partial charge in [-0.3, -0.25) is 4.79 Å². The van der Waals surface area contributed by atoms with Gasteiger partial charge in [-0.25, -0.2) is 12.9 Å². The normalized spacial score (nSPS) is 15.8. The monoisotopic (exact) mass is 474 g/mol. The number of nitrogens with zero attached hydrogens (tertiary/aromatic N) is 4. The van der Waals surface area contributed by atoms with Gasteiger partial charge in [0.1, 0.15) is 0 Å². The Morgan fingerprint density at radius 1 is 1.16 bits per heavy atom. The van der Waals surface area contributed by atoms with Crippen LogP contribution in [-0.4, -0.2) is 59.3 Å². The van der Waals surface area contributed by atoms with Crippen molar-refractivity contribution in [3.8, 4) is 0 Å². The van der Waals surface area contributed by atoms with E-state index in [9.17, 15) is 13.2 Å². The van der Waals surface area contributed by atoms with E-state index >= 15 is 0 Å². The molecule has 0 radical (unpaired) electrons. The second-order valence-electron chi connectivity index (χ2n) is 7.96. The van der Waals surface area contributed by atoms with Crippen LogP contribution in [0.3, 0.4) is 0 Å². The third-order valence-corrected chi connectivity index (χ3v) is 8.32. The molecule has 0 unspecified atom stereocenters. The van der Waals surface area contributed by atoms with Crippen LogP contribution in [0.25, 0.3) is 5.52 Å². The van der Waals surface area contributed by atoms with Crippen molar-refractivity contribution in [3.63, 3.8) is 0 Å². The van der Waals surface area contributed by atoms with E-state index in [0.717, 1.165) is 11.1 Å². The highest BCUT2D eigenvalue weighted by Gasteiger charge is 2.30. The molecule has 1 aliphatic heterocycles. The maximum Gasteiger partial charge on any atom is 0.257 e. The lowest BCUT2D eigenvalue weighted by atomic mass is 9.90. The summed E-state index contributed by atoms with van der Waals surface area (Å²) in [6.45, 7) is 6.09. The van der Waals surface area contributed by atoms with Gasteiger partial charge in [0.2, 0.25) is 10.0 Å². The Morgan fingerprint density at radius 3 is 2.53 bits per heavy atom. The molecule has 2 aromatic heterocycles. The number of benzene rings is 1. The number of rotatable bonds is 6. The molecule has 1 fully saturated rings. The van der Waals surface area contributed by atoms with E-state index in [1.807, 2.05) is 32.2 Å². The number of sulfonamides is 1. The van der Waals surface area contributed by atoms with Gasteiger partial charge in [-0.15, -0.1) is 0 Å². The first-order valence-corrected chi connectivity index (χ1v) is 12.7. The van der Waals surface area contributed by atoms with Gasteiger partial charge in [-0.2, -0.15) is 9.40 Å². The Hall–Kier alpha value is -2.42. The molecular weight excluding hydrogens is 448 g/mol. The Morgan fingerprint density at radius 2 is 1.88 bits per heavy atom. The van der Waals surface area contributed by atoms with Gasteiger partial charge < -0.3 is 4.90 Å². The van der Waals surface area contributed by atoms with Crippen molar-refractivity contribution in [3.05, 3.63) is 64.9 Å². The lowest BCUT2D eigenvalue weighted by Crippen LogP contribution is -2.37. The Bertz CT molecular complexity index is 1230. The molecule has 1 saturated heterocycles. The molecule has 0 aliphatic carbocycles. The summed E-state index contributed by atoms with van der Waals surface area (Å²) in [6, 6.07) is 10.4. The fourth-order valence-corrected chi connectivity index (χ4v) is 6.07. The molecule has 0 saturated carbocycles. The van der Waals surface area contributed by atoms with Gasteiger partial charge in [-0.1, -0.05) is 17.7 Å². The standard InChI is InChI=1S/C23H27ClN4O3S/c1-3-26(4-2)23(29)21-16-25-28-13-10-18(14-22(21)28)17-8-11-27(12-9-17)32(30,31)20-7-5-6-19(24)15-20/h5-7,10,13-17H,3-4,8-9,11-12H2,1-2H3. The molecule has 0 bridgehead atoms. The van der Waals surface area contributed by atoms with Crippen LogP contribution in [0.1, 0.15) is 48.5 Å². The minimum Gasteiger partial charge on any atom is -0.339 e. The quantitative estimate of drug-likeness (QED) is 0.540. The van der Waals surface area contributed by atoms with Crippen molar-refractivity contribution in [1.29, 1.82) is 0 Å². The number of carbonyl (C=O) groups is 1. The van der Waals surface area contributed by atoms with Gasteiger partial charge in [0, 0.05) is 37.4 Å². The first-order chi connectivity index (χ1) is 15.3. The van der Waals surface area contributed by atoms with Gasteiger partial charge >= 0.3 is 0 Å². The van der Waals surface area contributed by atoms with Gasteiger partial charge in [0.15, 0.2) is 0 Å². The van der Waals surface area contributed by atoms with E-state index < -0.39 is 10.0 Å². The number of aromatic nitrogens is 2. The molecule has 3 heterocycles. The highest BCUT2D eigenvalue weighted by molar-refractivity contribution is 7.89. The van der Waals surface area contributed by atoms with Gasteiger partial charge in [0.25, 0.3) is 5.91 Å². The number of fused-ring (bicyclic) bond motifs is 1. The molecule has 0 N–H and O–H groups in total. The van der Waals surface area contributed by atoms with Crippen molar-refractivity contribution in [2.24, 2.45) is 0 Å². The first kappa shape index (κ1) is 22.8. The SMILES string of the molecule is CCN(CC)C(=O)c1cnn2ccc(C3CCN(S(=O)(=O)c4cccc(Cl)c4)CC3)cc12. The highest BCUT2D eigenvalue weighted by atomic mass is 35.5. The van der Waals surface area contributed by atoms with E-state index in [-0.39, 0.29) is 16.7 Å². The van der Waals surface area contributed by atoms with Crippen LogP contribution in [0.5, 0.6) is 0 Å². The molecule has 32 heavy (non-hydrogen) atoms. The summed E-state index contributed by atoms with van der Waals surface area (Å²) in [5.41, 5.74) is 2.48. The summed E-state index contributed by atoms with van der Waals surface area (Å²) in [7, 11) is -3.56. The van der Waals surface area contributed by atoms with Crippen LogP contribution in [-0.2, 0) is 10.0 Å². The molecule has 0 atom stereocenters. The average molecular weight is 475 g/mol. The first-order valence-electron chi connectivity index (χ1n) is 10.9. The van der Waals surface area contributed by atoms with Crippen LogP contribution in [0.2, 0.25) is 5.02 Å². The average Bonchev–Trinajstić information content (AvgIpc) is 3.23. The second kappa shape index (κ2) is 9.21. The van der Waals surface area contributed by atoms with Crippen molar-refractivity contribution < 1.29 is 13.2 Å². The largest absolute Gasteiger partial charge is 0.339 e. The predicted molar refractivity (Wildman–Crippen MR) is 125 cm³/mol. The number of pyridine rings is 1. The Labute approximate surface area is 193 Å². The summed E-state index contributed by atoms with van der Waals surface area (Å²) in [4.78, 5) is 14.9. The van der Waals surface area contributed by atoms with E-state index in [0.29, 0.717) is 49.6 Å². The van der Waals surface area contributed by atoms with E-state index in [1.54, 1.807) is 33.8 Å². The number of piperidine rings is 1. The summed E-state index contributed by atoms with van der Waals surface area (Å²) in [5.74, 6) is 0.196. The fourth-order valence-electron chi connectivity index (χ4n) is 4.30. The molecule has 9 heteroatoms. The number of hydrogen-bond donors (Lipinski definition) is 0. The van der Waals surface area contributed by atoms with Crippen molar-refractivity contribution >= 4 is 33.0 Å². The zero-order chi connectivity index (χ0) is 22.9. The third kappa shape index (κ3) is 4.27. The summed E-state index contributed by atoms with van der Waals surface area (Å²) in [6.07, 6.45) is 4.92. The van der Waals surface area contributed by atoms with Crippen molar-refractivity contribution in [2.75, 3.05) is 26.2 Å². The van der Waals surface area contributed by atoms with Gasteiger partial charge in [-0.05, 0) is 68.5 Å². The molecule has 7 nitrogen and oxygen atoms in total. The number of carbonyl (C=O) groups excluding carboxylic acids is 1. The molecule has 1 aromatic carbocycles. The summed E-state index contributed by atoms with van der Waals surface area (Å²) < 4.78 is 29.2. The van der Waals surface area contributed by atoms with Crippen LogP contribution in [0.4, 0.5) is 0 Å². The lowest BCUT2D eigenvalue weighted by Gasteiger charge is -2.31. The molecule has 1 amide bonds. The number of halogens is 1. The topological polar surface area (TPSA) is 75.0 Å². The molecule has 1 aliphatic rings. The van der Waals surface area contributed by atoms with E-state index in [4.69, 9.17) is 11.6 Å². The molecule has 3 aromatic rings. The maximum atomic E-state index is 13.0. The zero-order valence-electron chi connectivity index (χ0n) is 18.2. The van der Waals surface area contributed by atoms with Crippen LogP contribution in [0.15, 0.2) is 53.7 Å². The smallest absolute Gasteiger partial charge is 0.257 e. The predicted octanol–water partition coefficient (Wildman–Crippen LogP) is 4.04. The summed E-state index contributed by atoms with van der Waals surface area (Å²) >= 11 is 5.99. The van der Waals surface area contributed by atoms with Crippen LogP contribution >= 0.6 is 11.6 Å². The van der Waals surface area contributed by atoms with Crippen LogP contribution < -0.4 is 0 Å². The Balaban J connectivity index is 1.53. The fraction of sp³-hybridized carbons (Fsp3) is 0.391. The second-order valence-corrected chi connectivity index (χ2v) is 10.3. The van der Waals surface area contributed by atoms with Crippen LogP contribution in [0, 0.1) is 0 Å². The number of hydrogen-bond acceptors (Lipinski definition) is 4. The molecule has 0 spiro atoms. The zero-order valence-corrected chi connectivity index (χ0v) is 19.8.